The molecular weight excluding hydrogens is 634 g/mol. The summed E-state index contributed by atoms with van der Waals surface area (Å²) in [5, 5.41) is -5.05. The zero-order valence-corrected chi connectivity index (χ0v) is 26.7. The van der Waals surface area contributed by atoms with Gasteiger partial charge in [-0.2, -0.15) is 17.2 Å². The van der Waals surface area contributed by atoms with E-state index in [1.54, 1.807) is 0 Å². The molecule has 46 heavy (non-hydrogen) atoms. The molecule has 2 saturated heterocycles. The lowest BCUT2D eigenvalue weighted by Crippen LogP contribution is -2.60. The summed E-state index contributed by atoms with van der Waals surface area (Å²) < 4.78 is 102. The summed E-state index contributed by atoms with van der Waals surface area (Å²) in [4.78, 5) is 25.5. The third-order valence-electron chi connectivity index (χ3n) is 11.4. The van der Waals surface area contributed by atoms with Gasteiger partial charge < -0.3 is 33.2 Å². The maximum Gasteiger partial charge on any atom is 0.465 e. The predicted octanol–water partition coefficient (Wildman–Crippen LogP) is 4.04. The molecule has 1 N–H and O–H groups in total. The number of ether oxygens (including phenoxy) is 7. The topological polar surface area (TPSA) is 153 Å². The lowest BCUT2D eigenvalue weighted by atomic mass is 9.53. The quantitative estimate of drug-likeness (QED) is 0.277. The van der Waals surface area contributed by atoms with Crippen molar-refractivity contribution in [2.75, 3.05) is 19.8 Å². The van der Waals surface area contributed by atoms with Gasteiger partial charge in [0.25, 0.3) is 0 Å². The number of rotatable bonds is 9. The van der Waals surface area contributed by atoms with Crippen molar-refractivity contribution < 1.29 is 64.5 Å². The van der Waals surface area contributed by atoms with Crippen LogP contribution < -0.4 is 0 Å². The molecule has 0 aromatic heterocycles. The highest BCUT2D eigenvalue weighted by atomic mass is 32.2. The average molecular weight is 679 g/mol. The first-order valence-corrected chi connectivity index (χ1v) is 18.3. The van der Waals surface area contributed by atoms with E-state index in [9.17, 15) is 26.8 Å². The average Bonchev–Trinajstić information content (AvgIpc) is 3.60. The Morgan fingerprint density at radius 2 is 1.37 bits per heavy atom. The van der Waals surface area contributed by atoms with Gasteiger partial charge in [0.1, 0.15) is 24.9 Å². The van der Waals surface area contributed by atoms with Crippen LogP contribution in [-0.2, 0) is 52.9 Å². The van der Waals surface area contributed by atoms with Crippen molar-refractivity contribution in [3.8, 4) is 0 Å². The molecule has 8 rings (SSSR count). The molecule has 6 aliphatic carbocycles. The summed E-state index contributed by atoms with van der Waals surface area (Å²) in [6, 6.07) is 0. The van der Waals surface area contributed by atoms with Crippen molar-refractivity contribution in [2.45, 2.75) is 143 Å². The highest BCUT2D eigenvalue weighted by Crippen LogP contribution is 2.58. The number of carbonyl (C=O) groups is 2. The Kier molecular flexibility index (Phi) is 8.71. The number of esters is 2. The van der Waals surface area contributed by atoms with Gasteiger partial charge in [0, 0.05) is 25.7 Å². The van der Waals surface area contributed by atoms with E-state index in [1.165, 1.54) is 0 Å². The van der Waals surface area contributed by atoms with Gasteiger partial charge in [0.15, 0.2) is 17.7 Å². The smallest absolute Gasteiger partial charge is 0.456 e. The number of carbonyl (C=O) groups excluding carboxylic acids is 2. The second-order valence-electron chi connectivity index (χ2n) is 14.6. The molecule has 8 aliphatic rings. The van der Waals surface area contributed by atoms with Crippen molar-refractivity contribution in [2.24, 2.45) is 17.8 Å². The first-order chi connectivity index (χ1) is 21.8. The maximum absolute atomic E-state index is 13.9. The van der Waals surface area contributed by atoms with Crippen molar-refractivity contribution in [1.82, 2.24) is 0 Å². The van der Waals surface area contributed by atoms with Gasteiger partial charge in [0.05, 0.1) is 18.8 Å². The van der Waals surface area contributed by atoms with E-state index in [4.69, 9.17) is 37.7 Å². The summed E-state index contributed by atoms with van der Waals surface area (Å²) >= 11 is 0. The second-order valence-corrected chi connectivity index (χ2v) is 16.1. The minimum Gasteiger partial charge on any atom is -0.456 e. The number of alkyl halides is 2. The van der Waals surface area contributed by atoms with E-state index in [0.29, 0.717) is 32.1 Å². The second kappa shape index (κ2) is 12.1. The van der Waals surface area contributed by atoms with Gasteiger partial charge in [-0.25, -0.2) is 9.59 Å². The Morgan fingerprint density at radius 3 is 1.87 bits per heavy atom. The Labute approximate surface area is 267 Å². The Balaban J connectivity index is 0.996. The van der Waals surface area contributed by atoms with Crippen LogP contribution in [0.3, 0.4) is 0 Å². The van der Waals surface area contributed by atoms with E-state index >= 15 is 0 Å². The molecule has 0 radical (unpaired) electrons. The van der Waals surface area contributed by atoms with E-state index in [0.717, 1.165) is 64.2 Å². The monoisotopic (exact) mass is 678 g/mol. The molecule has 0 aromatic carbocycles. The number of halogens is 2. The SMILES string of the molecule is O=C(COC12CC3CC(C1)C(OC(=O)C(F)(F)S(=O)(=O)O)C(C3)C2)OC(C1COC2(CCCCC2)O1)C1COC2(CCCCC2)O1. The third-order valence-corrected chi connectivity index (χ3v) is 12.2. The predicted molar refractivity (Wildman–Crippen MR) is 152 cm³/mol. The van der Waals surface area contributed by atoms with Gasteiger partial charge >= 0.3 is 27.3 Å². The van der Waals surface area contributed by atoms with Crippen molar-refractivity contribution in [3.63, 3.8) is 0 Å². The van der Waals surface area contributed by atoms with Crippen molar-refractivity contribution in [3.05, 3.63) is 0 Å². The van der Waals surface area contributed by atoms with Gasteiger partial charge in [-0.3, -0.25) is 4.55 Å². The first kappa shape index (κ1) is 33.0. The normalized spacial score (nSPS) is 38.7. The molecule has 4 atom stereocenters. The first-order valence-electron chi connectivity index (χ1n) is 16.8. The van der Waals surface area contributed by atoms with Crippen LogP contribution in [0.15, 0.2) is 0 Å². The molecular formula is C31H44F2O12S. The lowest BCUT2D eigenvalue weighted by molar-refractivity contribution is -0.232. The fourth-order valence-corrected chi connectivity index (χ4v) is 9.80. The van der Waals surface area contributed by atoms with E-state index in [2.05, 4.69) is 0 Å². The molecule has 12 nitrogen and oxygen atoms in total. The van der Waals surface area contributed by atoms with Crippen molar-refractivity contribution >= 4 is 22.1 Å². The number of hydrogen-bond donors (Lipinski definition) is 1. The fraction of sp³-hybridized carbons (Fsp3) is 0.935. The molecule has 15 heteroatoms. The lowest BCUT2D eigenvalue weighted by Gasteiger charge is -2.58. The molecule has 6 saturated carbocycles. The minimum atomic E-state index is -5.96. The van der Waals surface area contributed by atoms with Crippen LogP contribution in [0.1, 0.15) is 96.3 Å². The molecule has 2 aliphatic heterocycles. The van der Waals surface area contributed by atoms with Gasteiger partial charge in [-0.05, 0) is 75.5 Å². The van der Waals surface area contributed by atoms with Crippen LogP contribution in [-0.4, -0.2) is 91.6 Å². The van der Waals surface area contributed by atoms with Crippen LogP contribution >= 0.6 is 0 Å². The highest BCUT2D eigenvalue weighted by molar-refractivity contribution is 7.87. The minimum absolute atomic E-state index is 0.185. The van der Waals surface area contributed by atoms with E-state index < -0.39 is 68.9 Å². The zero-order chi connectivity index (χ0) is 32.4. The highest BCUT2D eigenvalue weighted by Gasteiger charge is 2.61. The molecule has 2 heterocycles. The summed E-state index contributed by atoms with van der Waals surface area (Å²) in [7, 11) is -5.96. The Hall–Kier alpha value is -1.49. The largest absolute Gasteiger partial charge is 0.465 e. The molecule has 2 spiro atoms. The number of hydrogen-bond acceptors (Lipinski definition) is 11. The molecule has 8 fully saturated rings. The molecule has 4 unspecified atom stereocenters. The third kappa shape index (κ3) is 6.22. The molecule has 0 aromatic rings. The van der Waals surface area contributed by atoms with Crippen LogP contribution in [0, 0.1) is 17.8 Å². The summed E-state index contributed by atoms with van der Waals surface area (Å²) in [5.41, 5.74) is -0.724. The van der Waals surface area contributed by atoms with Gasteiger partial charge in [-0.15, -0.1) is 0 Å². The summed E-state index contributed by atoms with van der Waals surface area (Å²) in [6.45, 7) is 0.208. The van der Waals surface area contributed by atoms with Crippen LogP contribution in [0.5, 0.6) is 0 Å². The molecule has 4 bridgehead atoms. The van der Waals surface area contributed by atoms with Crippen LogP contribution in [0.4, 0.5) is 8.78 Å². The van der Waals surface area contributed by atoms with E-state index in [1.807, 2.05) is 0 Å². The van der Waals surface area contributed by atoms with Gasteiger partial charge in [0.2, 0.25) is 0 Å². The maximum atomic E-state index is 13.9. The van der Waals surface area contributed by atoms with Gasteiger partial charge in [-0.1, -0.05) is 12.8 Å². The van der Waals surface area contributed by atoms with Crippen molar-refractivity contribution in [1.29, 1.82) is 0 Å². The molecule has 0 amide bonds. The molecule has 260 valence electrons. The Bertz CT molecular complexity index is 1230. The summed E-state index contributed by atoms with van der Waals surface area (Å²) in [5.74, 6) is -4.71. The Morgan fingerprint density at radius 1 is 0.848 bits per heavy atom. The fourth-order valence-electron chi connectivity index (χ4n) is 9.54. The summed E-state index contributed by atoms with van der Waals surface area (Å²) in [6.07, 6.45) is 9.28. The van der Waals surface area contributed by atoms with Crippen LogP contribution in [0.2, 0.25) is 0 Å². The van der Waals surface area contributed by atoms with E-state index in [-0.39, 0.29) is 37.6 Å². The zero-order valence-electron chi connectivity index (χ0n) is 25.9. The van der Waals surface area contributed by atoms with Crippen LogP contribution in [0.25, 0.3) is 0 Å². The standard InChI is InChI=1S/C31H44F2O12S/c32-31(33,46(36,37)38)27(35)43-25-20-11-19-12-21(25)15-28(13-19,14-20)39-18-24(34)42-26(22-16-40-29(44-22)7-3-1-4-8-29)23-17-41-30(45-23)9-5-2-6-10-30/h19-23,25-26H,1-18H2,(H,36,37,38).